The molecule has 3 aromatic carbocycles. The second kappa shape index (κ2) is 6.56. The van der Waals surface area contributed by atoms with Gasteiger partial charge in [-0.15, -0.1) is 0 Å². The lowest BCUT2D eigenvalue weighted by molar-refractivity contribution is 0.452. The molecule has 1 aliphatic rings. The zero-order chi connectivity index (χ0) is 19.1. The molecule has 0 bridgehead atoms. The van der Waals surface area contributed by atoms with Gasteiger partial charge in [0.25, 0.3) is 0 Å². The summed E-state index contributed by atoms with van der Waals surface area (Å²) in [6.07, 6.45) is 1.09. The third kappa shape index (κ3) is 2.77. The average molecular weight is 356 g/mol. The Morgan fingerprint density at radius 3 is 1.74 bits per heavy atom. The van der Waals surface area contributed by atoms with E-state index in [0.717, 1.165) is 6.42 Å². The summed E-state index contributed by atoms with van der Waals surface area (Å²) in [5.74, 6) is 0. The van der Waals surface area contributed by atoms with E-state index in [2.05, 4.69) is 118 Å². The molecule has 138 valence electrons. The van der Waals surface area contributed by atoms with Crippen LogP contribution >= 0.6 is 0 Å². The normalized spacial score (nSPS) is 20.6. The van der Waals surface area contributed by atoms with Crippen molar-refractivity contribution >= 4 is 5.69 Å². The second-order valence-corrected chi connectivity index (χ2v) is 8.53. The molecule has 0 radical (unpaired) electrons. The van der Waals surface area contributed by atoms with Gasteiger partial charge in [0.2, 0.25) is 0 Å². The molecule has 0 aromatic heterocycles. The van der Waals surface area contributed by atoms with Gasteiger partial charge in [-0.2, -0.15) is 0 Å². The zero-order valence-electron chi connectivity index (χ0n) is 16.8. The number of nitrogens with zero attached hydrogens (tertiary/aromatic N) is 1. The topological polar surface area (TPSA) is 3.24 Å². The van der Waals surface area contributed by atoms with Crippen molar-refractivity contribution in [1.82, 2.24) is 0 Å². The Morgan fingerprint density at radius 1 is 0.741 bits per heavy atom. The number of aryl methyl sites for hydroxylation is 1. The summed E-state index contributed by atoms with van der Waals surface area (Å²) >= 11 is 0. The standard InChI is InChI=1S/C26H29N/c1-20-13-11-12-18-24(20)27-21(2)26(19-25(27,3)4,22-14-7-5-8-15-22)23-16-9-6-10-17-23/h5-18,21H,19H2,1-4H3. The van der Waals surface area contributed by atoms with Crippen LogP contribution in [0.15, 0.2) is 84.9 Å². The first-order chi connectivity index (χ1) is 13.0. The first-order valence-corrected chi connectivity index (χ1v) is 9.93. The van der Waals surface area contributed by atoms with Gasteiger partial charge in [-0.05, 0) is 56.9 Å². The molecule has 1 unspecified atom stereocenters. The number of benzene rings is 3. The molecule has 0 saturated carbocycles. The predicted molar refractivity (Wildman–Crippen MR) is 115 cm³/mol. The molecule has 3 aromatic rings. The molecule has 1 atom stereocenters. The maximum absolute atomic E-state index is 2.66. The van der Waals surface area contributed by atoms with Gasteiger partial charge < -0.3 is 4.90 Å². The summed E-state index contributed by atoms with van der Waals surface area (Å²) in [5.41, 5.74) is 5.53. The van der Waals surface area contributed by atoms with Gasteiger partial charge in [-0.3, -0.25) is 0 Å². The number of rotatable bonds is 3. The molecule has 0 amide bonds. The maximum Gasteiger partial charge on any atom is 0.0425 e. The van der Waals surface area contributed by atoms with Crippen molar-refractivity contribution in [3.63, 3.8) is 0 Å². The highest BCUT2D eigenvalue weighted by Crippen LogP contribution is 2.53. The molecule has 4 rings (SSSR count). The lowest BCUT2D eigenvalue weighted by Gasteiger charge is -2.40. The molecule has 1 saturated heterocycles. The van der Waals surface area contributed by atoms with Crippen LogP contribution in [-0.4, -0.2) is 11.6 Å². The molecule has 0 aliphatic carbocycles. The van der Waals surface area contributed by atoms with Crippen LogP contribution in [0.3, 0.4) is 0 Å². The Labute approximate surface area is 163 Å². The average Bonchev–Trinajstić information content (AvgIpc) is 2.90. The van der Waals surface area contributed by atoms with E-state index in [1.165, 1.54) is 22.4 Å². The highest BCUT2D eigenvalue weighted by atomic mass is 15.3. The van der Waals surface area contributed by atoms with Crippen LogP contribution in [-0.2, 0) is 5.41 Å². The molecular formula is C26H29N. The highest BCUT2D eigenvalue weighted by Gasteiger charge is 2.55. The van der Waals surface area contributed by atoms with Crippen molar-refractivity contribution in [2.45, 2.75) is 51.1 Å². The van der Waals surface area contributed by atoms with Crippen molar-refractivity contribution in [2.24, 2.45) is 0 Å². The summed E-state index contributed by atoms with van der Waals surface area (Å²) in [7, 11) is 0. The monoisotopic (exact) mass is 355 g/mol. The van der Waals surface area contributed by atoms with Gasteiger partial charge in [0.15, 0.2) is 0 Å². The number of hydrogen-bond donors (Lipinski definition) is 0. The van der Waals surface area contributed by atoms with E-state index in [4.69, 9.17) is 0 Å². The van der Waals surface area contributed by atoms with Crippen LogP contribution < -0.4 is 4.90 Å². The van der Waals surface area contributed by atoms with Crippen LogP contribution in [0, 0.1) is 6.92 Å². The van der Waals surface area contributed by atoms with Crippen LogP contribution in [0.1, 0.15) is 43.9 Å². The molecule has 0 N–H and O–H groups in total. The van der Waals surface area contributed by atoms with Gasteiger partial charge >= 0.3 is 0 Å². The molecule has 1 heterocycles. The first kappa shape index (κ1) is 17.9. The van der Waals surface area contributed by atoms with Gasteiger partial charge in [-0.25, -0.2) is 0 Å². The van der Waals surface area contributed by atoms with E-state index in [-0.39, 0.29) is 11.0 Å². The van der Waals surface area contributed by atoms with Gasteiger partial charge in [0.1, 0.15) is 0 Å². The van der Waals surface area contributed by atoms with Crippen LogP contribution in [0.25, 0.3) is 0 Å². The molecule has 1 fully saturated rings. The highest BCUT2D eigenvalue weighted by molar-refractivity contribution is 5.61. The molecule has 1 nitrogen and oxygen atoms in total. The van der Waals surface area contributed by atoms with Gasteiger partial charge in [-0.1, -0.05) is 78.9 Å². The number of hydrogen-bond acceptors (Lipinski definition) is 1. The largest absolute Gasteiger partial charge is 0.362 e. The summed E-state index contributed by atoms with van der Waals surface area (Å²) in [4.78, 5) is 2.66. The molecular weight excluding hydrogens is 326 g/mol. The Bertz CT molecular complexity index is 872. The smallest absolute Gasteiger partial charge is 0.0425 e. The lowest BCUT2D eigenvalue weighted by atomic mass is 9.67. The third-order valence-electron chi connectivity index (χ3n) is 6.42. The minimum Gasteiger partial charge on any atom is -0.362 e. The fourth-order valence-corrected chi connectivity index (χ4v) is 5.35. The van der Waals surface area contributed by atoms with Crippen LogP contribution in [0.5, 0.6) is 0 Å². The summed E-state index contributed by atoms with van der Waals surface area (Å²) in [6.45, 7) is 9.41. The Morgan fingerprint density at radius 2 is 1.22 bits per heavy atom. The minimum absolute atomic E-state index is 0.0334. The SMILES string of the molecule is Cc1ccccc1N1C(C)C(c2ccccc2)(c2ccccc2)CC1(C)C. The predicted octanol–water partition coefficient (Wildman–Crippen LogP) is 6.36. The molecule has 1 aliphatic heterocycles. The summed E-state index contributed by atoms with van der Waals surface area (Å²) in [5, 5.41) is 0. The molecule has 1 heteroatoms. The van der Waals surface area contributed by atoms with Crippen molar-refractivity contribution < 1.29 is 0 Å². The van der Waals surface area contributed by atoms with E-state index in [9.17, 15) is 0 Å². The summed E-state index contributed by atoms with van der Waals surface area (Å²) < 4.78 is 0. The quantitative estimate of drug-likeness (QED) is 0.528. The molecule has 0 spiro atoms. The van der Waals surface area contributed by atoms with Gasteiger partial charge in [0, 0.05) is 22.7 Å². The van der Waals surface area contributed by atoms with Crippen molar-refractivity contribution in [2.75, 3.05) is 4.90 Å². The Kier molecular flexibility index (Phi) is 4.34. The van der Waals surface area contributed by atoms with Crippen molar-refractivity contribution in [3.8, 4) is 0 Å². The zero-order valence-corrected chi connectivity index (χ0v) is 16.8. The van der Waals surface area contributed by atoms with Crippen LogP contribution in [0.2, 0.25) is 0 Å². The fraction of sp³-hybridized carbons (Fsp3) is 0.308. The van der Waals surface area contributed by atoms with Crippen LogP contribution in [0.4, 0.5) is 5.69 Å². The van der Waals surface area contributed by atoms with E-state index < -0.39 is 0 Å². The van der Waals surface area contributed by atoms with E-state index in [0.29, 0.717) is 6.04 Å². The van der Waals surface area contributed by atoms with E-state index in [1.54, 1.807) is 0 Å². The third-order valence-corrected chi connectivity index (χ3v) is 6.42. The van der Waals surface area contributed by atoms with Crippen molar-refractivity contribution in [1.29, 1.82) is 0 Å². The van der Waals surface area contributed by atoms with E-state index >= 15 is 0 Å². The Balaban J connectivity index is 1.95. The lowest BCUT2D eigenvalue weighted by Crippen LogP contribution is -2.45. The Hall–Kier alpha value is -2.54. The second-order valence-electron chi connectivity index (χ2n) is 8.53. The maximum atomic E-state index is 2.66. The minimum atomic E-state index is -0.0334. The fourth-order valence-electron chi connectivity index (χ4n) is 5.35. The number of para-hydroxylation sites is 1. The van der Waals surface area contributed by atoms with Crippen molar-refractivity contribution in [3.05, 3.63) is 102 Å². The summed E-state index contributed by atoms with van der Waals surface area (Å²) in [6, 6.07) is 31.3. The van der Waals surface area contributed by atoms with Gasteiger partial charge in [0.05, 0.1) is 0 Å². The number of anilines is 1. The molecule has 27 heavy (non-hydrogen) atoms. The van der Waals surface area contributed by atoms with E-state index in [1.807, 2.05) is 0 Å². The first-order valence-electron chi connectivity index (χ1n) is 9.93.